The van der Waals surface area contributed by atoms with Crippen LogP contribution in [0.3, 0.4) is 0 Å². The molecule has 0 aliphatic carbocycles. The lowest BCUT2D eigenvalue weighted by Gasteiger charge is -2.16. The molecule has 2 rings (SSSR count). The summed E-state index contributed by atoms with van der Waals surface area (Å²) in [4.78, 5) is 24.2. The summed E-state index contributed by atoms with van der Waals surface area (Å²) in [6.07, 6.45) is 3.18. The first-order chi connectivity index (χ1) is 10.7. The van der Waals surface area contributed by atoms with E-state index in [4.69, 9.17) is 8.83 Å². The Hall–Kier alpha value is -2.54. The SMILES string of the molecule is CCNC(=O)NC(=O)C[NH+](Cc1ccco1)Cc1ccco1. The largest absolute Gasteiger partial charge is 0.463 e. The van der Waals surface area contributed by atoms with Crippen molar-refractivity contribution in [2.45, 2.75) is 20.0 Å². The van der Waals surface area contributed by atoms with Gasteiger partial charge in [0.2, 0.25) is 0 Å². The summed E-state index contributed by atoms with van der Waals surface area (Å²) in [5.41, 5.74) is 0. The molecule has 3 N–H and O–H groups in total. The van der Waals surface area contributed by atoms with Gasteiger partial charge >= 0.3 is 6.03 Å². The number of hydrogen-bond acceptors (Lipinski definition) is 4. The molecule has 0 bridgehead atoms. The number of hydrogen-bond donors (Lipinski definition) is 3. The van der Waals surface area contributed by atoms with Crippen molar-refractivity contribution in [2.24, 2.45) is 0 Å². The summed E-state index contributed by atoms with van der Waals surface area (Å²) in [6, 6.07) is 6.82. The Kier molecular flexibility index (Phi) is 5.79. The number of amides is 3. The van der Waals surface area contributed by atoms with Gasteiger partial charge in [0.05, 0.1) is 12.5 Å². The van der Waals surface area contributed by atoms with Crippen LogP contribution in [0.1, 0.15) is 18.4 Å². The highest BCUT2D eigenvalue weighted by Crippen LogP contribution is 1.99. The van der Waals surface area contributed by atoms with Gasteiger partial charge in [-0.2, -0.15) is 0 Å². The van der Waals surface area contributed by atoms with Crippen LogP contribution in [-0.4, -0.2) is 25.0 Å². The van der Waals surface area contributed by atoms with E-state index in [1.807, 2.05) is 12.1 Å². The molecular formula is C15H20N3O4+. The van der Waals surface area contributed by atoms with E-state index in [1.54, 1.807) is 31.6 Å². The Morgan fingerprint density at radius 2 is 1.68 bits per heavy atom. The van der Waals surface area contributed by atoms with Crippen LogP contribution < -0.4 is 15.5 Å². The summed E-state index contributed by atoms with van der Waals surface area (Å²) < 4.78 is 10.6. The van der Waals surface area contributed by atoms with Crippen LogP contribution in [0, 0.1) is 0 Å². The van der Waals surface area contributed by atoms with Crippen LogP contribution in [0.5, 0.6) is 0 Å². The lowest BCUT2D eigenvalue weighted by Crippen LogP contribution is -3.10. The molecule has 2 heterocycles. The zero-order valence-electron chi connectivity index (χ0n) is 12.4. The maximum atomic E-state index is 11.9. The molecule has 22 heavy (non-hydrogen) atoms. The van der Waals surface area contributed by atoms with E-state index >= 15 is 0 Å². The molecule has 0 fully saturated rings. The number of urea groups is 1. The zero-order chi connectivity index (χ0) is 15.8. The second-order valence-corrected chi connectivity index (χ2v) is 4.85. The molecule has 0 aromatic carbocycles. The Morgan fingerprint density at radius 3 is 2.14 bits per heavy atom. The van der Waals surface area contributed by atoms with Crippen molar-refractivity contribution < 1.29 is 23.3 Å². The highest BCUT2D eigenvalue weighted by Gasteiger charge is 2.19. The molecule has 0 radical (unpaired) electrons. The maximum Gasteiger partial charge on any atom is 0.321 e. The average Bonchev–Trinajstić information content (AvgIpc) is 3.12. The van der Waals surface area contributed by atoms with Gasteiger partial charge in [-0.25, -0.2) is 4.79 Å². The smallest absolute Gasteiger partial charge is 0.321 e. The minimum absolute atomic E-state index is 0.137. The first-order valence-electron chi connectivity index (χ1n) is 7.13. The maximum absolute atomic E-state index is 11.9. The summed E-state index contributed by atoms with van der Waals surface area (Å²) >= 11 is 0. The van der Waals surface area contributed by atoms with E-state index in [-0.39, 0.29) is 12.5 Å². The first kappa shape index (κ1) is 15.8. The Balaban J connectivity index is 1.94. The molecule has 0 saturated heterocycles. The third-order valence-electron chi connectivity index (χ3n) is 3.01. The summed E-state index contributed by atoms with van der Waals surface area (Å²) in [5.74, 6) is 1.19. The van der Waals surface area contributed by atoms with Gasteiger partial charge in [0.25, 0.3) is 5.91 Å². The van der Waals surface area contributed by atoms with Crippen molar-refractivity contribution in [3.05, 3.63) is 48.3 Å². The fourth-order valence-electron chi connectivity index (χ4n) is 2.11. The van der Waals surface area contributed by atoms with E-state index in [0.717, 1.165) is 16.4 Å². The number of nitrogens with one attached hydrogen (secondary N) is 3. The molecule has 0 unspecified atom stereocenters. The van der Waals surface area contributed by atoms with Crippen LogP contribution in [0.2, 0.25) is 0 Å². The molecular weight excluding hydrogens is 286 g/mol. The van der Waals surface area contributed by atoms with E-state index in [1.165, 1.54) is 0 Å². The highest BCUT2D eigenvalue weighted by molar-refractivity contribution is 5.94. The third-order valence-corrected chi connectivity index (χ3v) is 3.01. The minimum atomic E-state index is -0.483. The van der Waals surface area contributed by atoms with Crippen molar-refractivity contribution in [2.75, 3.05) is 13.1 Å². The Bertz CT molecular complexity index is 542. The topological polar surface area (TPSA) is 88.9 Å². The number of quaternary nitrogens is 1. The Morgan fingerprint density at radius 1 is 1.09 bits per heavy atom. The van der Waals surface area contributed by atoms with Crippen molar-refractivity contribution >= 4 is 11.9 Å². The van der Waals surface area contributed by atoms with E-state index in [0.29, 0.717) is 19.6 Å². The van der Waals surface area contributed by atoms with Crippen LogP contribution in [-0.2, 0) is 17.9 Å². The molecule has 0 saturated carbocycles. The highest BCUT2D eigenvalue weighted by atomic mass is 16.3. The molecule has 0 aliphatic heterocycles. The summed E-state index contributed by atoms with van der Waals surface area (Å²) in [6.45, 7) is 3.44. The van der Waals surface area contributed by atoms with E-state index in [9.17, 15) is 9.59 Å². The molecule has 7 heteroatoms. The third kappa shape index (κ3) is 5.10. The summed E-state index contributed by atoms with van der Waals surface area (Å²) in [5, 5.41) is 4.82. The number of rotatable bonds is 7. The fourth-order valence-corrected chi connectivity index (χ4v) is 2.11. The van der Waals surface area contributed by atoms with Crippen LogP contribution in [0.15, 0.2) is 45.6 Å². The monoisotopic (exact) mass is 306 g/mol. The number of carbonyl (C=O) groups is 2. The number of furan rings is 2. The Labute approximate surface area is 128 Å². The van der Waals surface area contributed by atoms with Crippen LogP contribution in [0.4, 0.5) is 4.79 Å². The lowest BCUT2D eigenvalue weighted by atomic mass is 10.3. The number of imide groups is 1. The number of carbonyl (C=O) groups excluding carboxylic acids is 2. The van der Waals surface area contributed by atoms with Crippen molar-refractivity contribution in [3.8, 4) is 0 Å². The molecule has 2 aromatic heterocycles. The summed E-state index contributed by atoms with van der Waals surface area (Å²) in [7, 11) is 0. The second kappa shape index (κ2) is 8.04. The van der Waals surface area contributed by atoms with Crippen molar-refractivity contribution in [1.29, 1.82) is 0 Å². The normalized spacial score (nSPS) is 10.6. The molecule has 118 valence electrons. The van der Waals surface area contributed by atoms with Gasteiger partial charge in [0.15, 0.2) is 18.1 Å². The quantitative estimate of drug-likeness (QED) is 0.686. The molecule has 7 nitrogen and oxygen atoms in total. The molecule has 0 atom stereocenters. The van der Waals surface area contributed by atoms with Crippen LogP contribution in [0.25, 0.3) is 0 Å². The van der Waals surface area contributed by atoms with Crippen molar-refractivity contribution in [1.82, 2.24) is 10.6 Å². The first-order valence-corrected chi connectivity index (χ1v) is 7.13. The van der Waals surface area contributed by atoms with Gasteiger partial charge in [-0.05, 0) is 31.2 Å². The predicted octanol–water partition coefficient (Wildman–Crippen LogP) is 0.303. The van der Waals surface area contributed by atoms with Gasteiger partial charge in [-0.15, -0.1) is 0 Å². The fraction of sp³-hybridized carbons (Fsp3) is 0.333. The van der Waals surface area contributed by atoms with Crippen LogP contribution >= 0.6 is 0 Å². The lowest BCUT2D eigenvalue weighted by molar-refractivity contribution is -0.921. The predicted molar refractivity (Wildman–Crippen MR) is 77.9 cm³/mol. The van der Waals surface area contributed by atoms with Gasteiger partial charge < -0.3 is 19.1 Å². The average molecular weight is 306 g/mol. The van der Waals surface area contributed by atoms with E-state index < -0.39 is 6.03 Å². The molecule has 2 aromatic rings. The van der Waals surface area contributed by atoms with Gasteiger partial charge in [0, 0.05) is 6.54 Å². The van der Waals surface area contributed by atoms with Crippen molar-refractivity contribution in [3.63, 3.8) is 0 Å². The van der Waals surface area contributed by atoms with Gasteiger partial charge in [-0.3, -0.25) is 10.1 Å². The van der Waals surface area contributed by atoms with Gasteiger partial charge in [-0.1, -0.05) is 0 Å². The molecule has 3 amide bonds. The molecule has 0 aliphatic rings. The molecule has 0 spiro atoms. The zero-order valence-corrected chi connectivity index (χ0v) is 12.4. The van der Waals surface area contributed by atoms with E-state index in [2.05, 4.69) is 10.6 Å². The second-order valence-electron chi connectivity index (χ2n) is 4.85. The standard InChI is InChI=1S/C15H19N3O4/c1-2-16-15(20)17-14(19)11-18(9-12-5-3-7-21-12)10-13-6-4-8-22-13/h3-8H,2,9-11H2,1H3,(H2,16,17,19,20)/p+1. The van der Waals surface area contributed by atoms with Gasteiger partial charge in [0.1, 0.15) is 13.1 Å². The minimum Gasteiger partial charge on any atom is -0.463 e.